The average Bonchev–Trinajstić information content (AvgIpc) is 2.55. The maximum atomic E-state index is 11.9. The first-order valence-electron chi connectivity index (χ1n) is 6.36. The molecular formula is C12H26N2O2S. The normalized spacial score (nSPS) is 22.6. The molecule has 1 saturated carbocycles. The molecule has 0 aromatic rings. The molecule has 0 atom stereocenters. The summed E-state index contributed by atoms with van der Waals surface area (Å²) in [4.78, 5) is 0. The Morgan fingerprint density at radius 1 is 1.12 bits per heavy atom. The van der Waals surface area contributed by atoms with Crippen molar-refractivity contribution in [3.8, 4) is 0 Å². The molecule has 0 unspecified atom stereocenters. The molecule has 1 rings (SSSR count). The number of hydrogen-bond donors (Lipinski definition) is 2. The van der Waals surface area contributed by atoms with Crippen LogP contribution in [0.1, 0.15) is 41.0 Å². The van der Waals surface area contributed by atoms with Crippen molar-refractivity contribution in [3.63, 3.8) is 0 Å². The largest absolute Gasteiger partial charge is 0.317 e. The van der Waals surface area contributed by atoms with Gasteiger partial charge in [0.25, 0.3) is 0 Å². The van der Waals surface area contributed by atoms with Crippen molar-refractivity contribution in [2.75, 3.05) is 18.8 Å². The summed E-state index contributed by atoms with van der Waals surface area (Å²) >= 11 is 0. The Morgan fingerprint density at radius 2 is 1.65 bits per heavy atom. The van der Waals surface area contributed by atoms with Gasteiger partial charge in [0, 0.05) is 6.04 Å². The minimum Gasteiger partial charge on any atom is -0.317 e. The second-order valence-electron chi connectivity index (χ2n) is 6.02. The molecule has 0 bridgehead atoms. The quantitative estimate of drug-likeness (QED) is 0.681. The smallest absolute Gasteiger partial charge is 0.211 e. The van der Waals surface area contributed by atoms with Gasteiger partial charge in [-0.3, -0.25) is 0 Å². The Labute approximate surface area is 106 Å². The highest BCUT2D eigenvalue weighted by molar-refractivity contribution is 7.89. The lowest BCUT2D eigenvalue weighted by molar-refractivity contribution is 0.457. The van der Waals surface area contributed by atoms with Gasteiger partial charge in [-0.05, 0) is 30.3 Å². The van der Waals surface area contributed by atoms with E-state index in [0.29, 0.717) is 6.42 Å². The maximum absolute atomic E-state index is 11.9. The predicted octanol–water partition coefficient (Wildman–Crippen LogP) is 1.34. The highest BCUT2D eigenvalue weighted by Crippen LogP contribution is 2.62. The van der Waals surface area contributed by atoms with Crippen molar-refractivity contribution in [3.05, 3.63) is 0 Å². The second-order valence-corrected chi connectivity index (χ2v) is 7.89. The van der Waals surface area contributed by atoms with Crippen LogP contribution in [0.2, 0.25) is 0 Å². The molecule has 2 N–H and O–H groups in total. The number of sulfonamides is 1. The Bertz CT molecular complexity index is 347. The van der Waals surface area contributed by atoms with Gasteiger partial charge in [-0.15, -0.1) is 0 Å². The zero-order chi connectivity index (χ0) is 13.3. The molecule has 102 valence electrons. The van der Waals surface area contributed by atoms with E-state index < -0.39 is 10.0 Å². The summed E-state index contributed by atoms with van der Waals surface area (Å²) in [7, 11) is -3.13. The van der Waals surface area contributed by atoms with Crippen molar-refractivity contribution < 1.29 is 8.42 Å². The molecule has 1 fully saturated rings. The van der Waals surface area contributed by atoms with E-state index in [4.69, 9.17) is 0 Å². The third kappa shape index (κ3) is 3.20. The molecule has 0 amide bonds. The van der Waals surface area contributed by atoms with E-state index in [1.807, 2.05) is 6.92 Å². The first-order valence-corrected chi connectivity index (χ1v) is 8.01. The van der Waals surface area contributed by atoms with Crippen LogP contribution in [0.3, 0.4) is 0 Å². The summed E-state index contributed by atoms with van der Waals surface area (Å²) in [5.74, 6) is 0.211. The van der Waals surface area contributed by atoms with E-state index in [1.165, 1.54) is 0 Å². The standard InChI is InChI=1S/C12H26N2O2S/c1-6-13-8-7-9-17(15,16)14-10-11(2,3)12(10,4)5/h10,13-14H,6-9H2,1-5H3. The Kier molecular flexibility index (Phi) is 4.27. The lowest BCUT2D eigenvalue weighted by Crippen LogP contribution is -2.33. The first-order chi connectivity index (χ1) is 7.65. The lowest BCUT2D eigenvalue weighted by atomic mass is 10.0. The molecule has 1 aliphatic rings. The first kappa shape index (κ1) is 14.9. The van der Waals surface area contributed by atoms with Crippen molar-refractivity contribution in [2.45, 2.75) is 47.1 Å². The highest BCUT2D eigenvalue weighted by Gasteiger charge is 2.65. The van der Waals surface area contributed by atoms with Crippen LogP contribution in [0.5, 0.6) is 0 Å². The van der Waals surface area contributed by atoms with Crippen molar-refractivity contribution in [1.29, 1.82) is 0 Å². The van der Waals surface area contributed by atoms with E-state index >= 15 is 0 Å². The van der Waals surface area contributed by atoms with Gasteiger partial charge in [0.15, 0.2) is 0 Å². The van der Waals surface area contributed by atoms with Gasteiger partial charge in [-0.2, -0.15) is 0 Å². The SMILES string of the molecule is CCNCCCS(=O)(=O)NC1C(C)(C)C1(C)C. The zero-order valence-electron chi connectivity index (χ0n) is 11.6. The van der Waals surface area contributed by atoms with Crippen molar-refractivity contribution >= 4 is 10.0 Å². The maximum Gasteiger partial charge on any atom is 0.211 e. The molecule has 0 heterocycles. The summed E-state index contributed by atoms with van der Waals surface area (Å²) in [6.07, 6.45) is 0.663. The van der Waals surface area contributed by atoms with Crippen LogP contribution < -0.4 is 10.0 Å². The van der Waals surface area contributed by atoms with E-state index in [0.717, 1.165) is 13.1 Å². The van der Waals surface area contributed by atoms with Gasteiger partial charge >= 0.3 is 0 Å². The average molecular weight is 262 g/mol. The highest BCUT2D eigenvalue weighted by atomic mass is 32.2. The van der Waals surface area contributed by atoms with Gasteiger partial charge in [-0.25, -0.2) is 13.1 Å². The Balaban J connectivity index is 2.42. The van der Waals surface area contributed by atoms with Gasteiger partial charge in [-0.1, -0.05) is 34.6 Å². The van der Waals surface area contributed by atoms with Crippen LogP contribution in [-0.4, -0.2) is 33.3 Å². The number of nitrogens with one attached hydrogen (secondary N) is 2. The molecule has 1 aliphatic carbocycles. The summed E-state index contributed by atoms with van der Waals surface area (Å²) in [6, 6.07) is 0.0686. The molecule has 0 aromatic heterocycles. The fourth-order valence-corrected chi connectivity index (χ4v) is 3.88. The topological polar surface area (TPSA) is 58.2 Å². The summed E-state index contributed by atoms with van der Waals surface area (Å²) in [5, 5.41) is 3.13. The van der Waals surface area contributed by atoms with Crippen molar-refractivity contribution in [1.82, 2.24) is 10.0 Å². The molecule has 0 radical (unpaired) electrons. The van der Waals surface area contributed by atoms with Gasteiger partial charge in [0.2, 0.25) is 10.0 Å². The van der Waals surface area contributed by atoms with E-state index in [-0.39, 0.29) is 22.6 Å². The minimum atomic E-state index is -3.13. The van der Waals surface area contributed by atoms with Crippen molar-refractivity contribution in [2.24, 2.45) is 10.8 Å². The fraction of sp³-hybridized carbons (Fsp3) is 1.00. The molecule has 0 spiro atoms. The monoisotopic (exact) mass is 262 g/mol. The molecule has 5 heteroatoms. The second kappa shape index (κ2) is 4.86. The third-order valence-electron chi connectivity index (χ3n) is 4.33. The zero-order valence-corrected chi connectivity index (χ0v) is 12.4. The van der Waals surface area contributed by atoms with Crippen LogP contribution >= 0.6 is 0 Å². The van der Waals surface area contributed by atoms with Gasteiger partial charge in [0.05, 0.1) is 5.75 Å². The summed E-state index contributed by atoms with van der Waals surface area (Å²) in [5.41, 5.74) is 0.115. The molecule has 4 nitrogen and oxygen atoms in total. The Hall–Kier alpha value is -0.130. The van der Waals surface area contributed by atoms with Crippen LogP contribution in [0, 0.1) is 10.8 Å². The number of rotatable bonds is 7. The molecule has 0 aromatic carbocycles. The Morgan fingerprint density at radius 3 is 2.06 bits per heavy atom. The summed E-state index contributed by atoms with van der Waals surface area (Å²) in [6.45, 7) is 12.1. The van der Waals surface area contributed by atoms with E-state index in [9.17, 15) is 8.42 Å². The molecule has 17 heavy (non-hydrogen) atoms. The van der Waals surface area contributed by atoms with Crippen LogP contribution in [0.25, 0.3) is 0 Å². The molecule has 0 aliphatic heterocycles. The third-order valence-corrected chi connectivity index (χ3v) is 5.76. The van der Waals surface area contributed by atoms with Gasteiger partial charge < -0.3 is 5.32 Å². The molecular weight excluding hydrogens is 236 g/mol. The van der Waals surface area contributed by atoms with Crippen LogP contribution in [-0.2, 0) is 10.0 Å². The van der Waals surface area contributed by atoms with Gasteiger partial charge in [0.1, 0.15) is 0 Å². The van der Waals surface area contributed by atoms with Crippen LogP contribution in [0.15, 0.2) is 0 Å². The summed E-state index contributed by atoms with van der Waals surface area (Å²) < 4.78 is 26.6. The van der Waals surface area contributed by atoms with E-state index in [1.54, 1.807) is 0 Å². The number of hydrogen-bond acceptors (Lipinski definition) is 3. The van der Waals surface area contributed by atoms with Crippen LogP contribution in [0.4, 0.5) is 0 Å². The lowest BCUT2D eigenvalue weighted by Gasteiger charge is -2.08. The fourth-order valence-electron chi connectivity index (χ4n) is 2.29. The minimum absolute atomic E-state index is 0.0573. The molecule has 0 saturated heterocycles. The van der Waals surface area contributed by atoms with E-state index in [2.05, 4.69) is 37.7 Å². The predicted molar refractivity (Wildman–Crippen MR) is 71.4 cm³/mol.